The number of nitrogens with zero attached hydrogens (tertiary/aromatic N) is 4. The van der Waals surface area contributed by atoms with Gasteiger partial charge in [-0.2, -0.15) is 18.4 Å². The lowest BCUT2D eigenvalue weighted by Crippen LogP contribution is -2.49. The number of carbonyl (C=O) groups excluding carboxylic acids is 2. The molecule has 15 heteroatoms. The number of carbonyl (C=O) groups is 2. The van der Waals surface area contributed by atoms with Crippen LogP contribution in [0, 0.1) is 16.7 Å². The fourth-order valence-electron chi connectivity index (χ4n) is 5.95. The average Bonchev–Trinajstić information content (AvgIpc) is 3.82. The van der Waals surface area contributed by atoms with Crippen molar-refractivity contribution in [2.75, 3.05) is 37.6 Å². The molecule has 2 saturated heterocycles. The predicted octanol–water partition coefficient (Wildman–Crippen LogP) is 3.45. The summed E-state index contributed by atoms with van der Waals surface area (Å²) in [7, 11) is -4.25. The number of halogens is 4. The van der Waals surface area contributed by atoms with Crippen LogP contribution in [0.1, 0.15) is 44.9 Å². The van der Waals surface area contributed by atoms with E-state index in [0.29, 0.717) is 23.8 Å². The van der Waals surface area contributed by atoms with Crippen LogP contribution >= 0.6 is 11.6 Å². The average molecular weight is 630 g/mol. The van der Waals surface area contributed by atoms with E-state index in [-0.39, 0.29) is 9.92 Å². The van der Waals surface area contributed by atoms with Crippen molar-refractivity contribution in [2.45, 2.75) is 79.1 Å². The second-order valence-electron chi connectivity index (χ2n) is 12.0. The standard InChI is InChI=1S/C27H31ClF3N5O5S/c28-20-13-18(35-11-9-34(10-12-35)17-1-2-17)3-4-21(20)42(39,40)19-14-22(41-24(38)33-25(16-32)5-6-25)36(15-19)23(37)26(7-8-26)27(29,30)31/h3-4,13,17,19,22H,1-2,5-12,14-15H2,(H,33,38)/t19-,22+/m1/s1. The highest BCUT2D eigenvalue weighted by atomic mass is 35.5. The van der Waals surface area contributed by atoms with Crippen LogP contribution in [0.4, 0.5) is 23.7 Å². The molecule has 228 valence electrons. The molecule has 1 aromatic rings. The molecule has 0 aromatic heterocycles. The topological polar surface area (TPSA) is 123 Å². The van der Waals surface area contributed by atoms with Gasteiger partial charge in [-0.05, 0) is 56.7 Å². The van der Waals surface area contributed by atoms with Crippen LogP contribution < -0.4 is 10.2 Å². The van der Waals surface area contributed by atoms with Gasteiger partial charge in [0.15, 0.2) is 16.1 Å². The molecule has 2 heterocycles. The van der Waals surface area contributed by atoms with Gasteiger partial charge < -0.3 is 19.9 Å². The Morgan fingerprint density at radius 2 is 1.76 bits per heavy atom. The van der Waals surface area contributed by atoms with Crippen molar-refractivity contribution >= 4 is 39.1 Å². The number of sulfone groups is 1. The number of likely N-dealkylation sites (tertiary alicyclic amines) is 1. The summed E-state index contributed by atoms with van der Waals surface area (Å²) in [5.74, 6) is -1.32. The van der Waals surface area contributed by atoms with Crippen LogP contribution in [-0.4, -0.2) is 92.2 Å². The molecule has 2 atom stereocenters. The minimum Gasteiger partial charge on any atom is -0.425 e. The van der Waals surface area contributed by atoms with E-state index in [1.54, 1.807) is 12.1 Å². The van der Waals surface area contributed by atoms with Gasteiger partial charge in [-0.25, -0.2) is 13.2 Å². The van der Waals surface area contributed by atoms with Gasteiger partial charge in [0.05, 0.1) is 21.2 Å². The van der Waals surface area contributed by atoms with Crippen LogP contribution in [-0.2, 0) is 19.4 Å². The van der Waals surface area contributed by atoms with Gasteiger partial charge in [-0.15, -0.1) is 0 Å². The summed E-state index contributed by atoms with van der Waals surface area (Å²) in [4.78, 5) is 30.8. The number of amides is 2. The number of hydrogen-bond donors (Lipinski definition) is 1. The summed E-state index contributed by atoms with van der Waals surface area (Å²) in [6, 6.07) is 7.21. The molecule has 42 heavy (non-hydrogen) atoms. The molecule has 3 saturated carbocycles. The smallest absolute Gasteiger partial charge is 0.410 e. The third kappa shape index (κ3) is 5.28. The maximum Gasteiger partial charge on any atom is 0.410 e. The van der Waals surface area contributed by atoms with Crippen molar-refractivity contribution in [3.05, 3.63) is 23.2 Å². The minimum atomic E-state index is -4.84. The summed E-state index contributed by atoms with van der Waals surface area (Å²) in [5.41, 5.74) is -2.99. The molecule has 10 nitrogen and oxygen atoms in total. The summed E-state index contributed by atoms with van der Waals surface area (Å²) in [5, 5.41) is 10.2. The number of nitriles is 1. The van der Waals surface area contributed by atoms with Crippen LogP contribution in [0.2, 0.25) is 5.02 Å². The number of anilines is 1. The number of piperazine rings is 1. The van der Waals surface area contributed by atoms with Crippen LogP contribution in [0.5, 0.6) is 0 Å². The first-order valence-corrected chi connectivity index (χ1v) is 16.0. The molecule has 5 fully saturated rings. The summed E-state index contributed by atoms with van der Waals surface area (Å²) in [6.07, 6.45) is -5.59. The van der Waals surface area contributed by atoms with Gasteiger partial charge in [0.1, 0.15) is 11.0 Å². The van der Waals surface area contributed by atoms with Crippen LogP contribution in [0.15, 0.2) is 23.1 Å². The normalized spacial score (nSPS) is 26.8. The number of benzene rings is 1. The van der Waals surface area contributed by atoms with Gasteiger partial charge in [-0.3, -0.25) is 9.69 Å². The zero-order valence-corrected chi connectivity index (χ0v) is 24.3. The monoisotopic (exact) mass is 629 g/mol. The Hall–Kier alpha value is -2.76. The van der Waals surface area contributed by atoms with E-state index in [0.717, 1.165) is 31.9 Å². The fourth-order valence-corrected chi connectivity index (χ4v) is 8.17. The molecule has 0 spiro atoms. The first-order chi connectivity index (χ1) is 19.8. The lowest BCUT2D eigenvalue weighted by atomic mass is 10.1. The zero-order valence-electron chi connectivity index (χ0n) is 22.7. The Labute approximate surface area is 246 Å². The second kappa shape index (κ2) is 10.2. The van der Waals surface area contributed by atoms with Gasteiger partial charge >= 0.3 is 12.3 Å². The summed E-state index contributed by atoms with van der Waals surface area (Å²) in [6.45, 7) is 2.75. The van der Waals surface area contributed by atoms with Gasteiger partial charge in [0.2, 0.25) is 5.91 Å². The van der Waals surface area contributed by atoms with Crippen molar-refractivity contribution < 1.29 is 35.9 Å². The highest BCUT2D eigenvalue weighted by molar-refractivity contribution is 7.92. The highest BCUT2D eigenvalue weighted by Crippen LogP contribution is 2.59. The molecule has 5 aliphatic rings. The van der Waals surface area contributed by atoms with Crippen molar-refractivity contribution in [3.8, 4) is 6.07 Å². The highest BCUT2D eigenvalue weighted by Gasteiger charge is 2.70. The van der Waals surface area contributed by atoms with E-state index < -0.39 is 76.3 Å². The maximum atomic E-state index is 13.8. The predicted molar refractivity (Wildman–Crippen MR) is 144 cm³/mol. The fraction of sp³-hybridized carbons (Fsp3) is 0.667. The largest absolute Gasteiger partial charge is 0.425 e. The van der Waals surface area contributed by atoms with E-state index in [9.17, 15) is 36.4 Å². The van der Waals surface area contributed by atoms with Crippen LogP contribution in [0.25, 0.3) is 0 Å². The quantitative estimate of drug-likeness (QED) is 0.487. The van der Waals surface area contributed by atoms with Crippen molar-refractivity contribution in [3.63, 3.8) is 0 Å². The number of nitrogens with one attached hydrogen (secondary N) is 1. The molecule has 2 aliphatic heterocycles. The Morgan fingerprint density at radius 3 is 2.29 bits per heavy atom. The van der Waals surface area contributed by atoms with E-state index in [1.165, 1.54) is 18.9 Å². The zero-order chi connectivity index (χ0) is 30.1. The second-order valence-corrected chi connectivity index (χ2v) is 14.6. The first-order valence-electron chi connectivity index (χ1n) is 14.1. The summed E-state index contributed by atoms with van der Waals surface area (Å²) >= 11 is 6.49. The molecule has 1 aromatic carbocycles. The Bertz CT molecular complexity index is 1430. The Morgan fingerprint density at radius 1 is 1.10 bits per heavy atom. The SMILES string of the molecule is N#CC1(NC(=O)O[C@H]2C[C@@H](S(=O)(=O)c3ccc(N4CCN(C5CC5)CC4)cc3Cl)CN2C(=O)C2(C(F)(F)F)CC2)CC1. The maximum absolute atomic E-state index is 13.8. The number of rotatable bonds is 7. The molecule has 0 bridgehead atoms. The number of alkyl halides is 3. The lowest BCUT2D eigenvalue weighted by Gasteiger charge is -2.36. The van der Waals surface area contributed by atoms with E-state index in [1.807, 2.05) is 6.07 Å². The number of alkyl carbamates (subject to hydrolysis) is 1. The van der Waals surface area contributed by atoms with Gasteiger partial charge in [-0.1, -0.05) is 11.6 Å². The lowest BCUT2D eigenvalue weighted by molar-refractivity contribution is -0.201. The van der Waals surface area contributed by atoms with Crippen molar-refractivity contribution in [1.82, 2.24) is 15.1 Å². The minimum absolute atomic E-state index is 0.0317. The first kappa shape index (κ1) is 29.3. The van der Waals surface area contributed by atoms with Crippen molar-refractivity contribution in [2.24, 2.45) is 5.41 Å². The molecule has 0 unspecified atom stereocenters. The van der Waals surface area contributed by atoms with E-state index in [2.05, 4.69) is 15.1 Å². The number of hydrogen-bond acceptors (Lipinski definition) is 8. The van der Waals surface area contributed by atoms with E-state index >= 15 is 0 Å². The third-order valence-corrected chi connectivity index (χ3v) is 11.7. The molecule has 2 amide bonds. The Kier molecular flexibility index (Phi) is 7.09. The molecule has 1 N–H and O–H groups in total. The van der Waals surface area contributed by atoms with E-state index in [4.69, 9.17) is 16.3 Å². The van der Waals surface area contributed by atoms with Crippen molar-refractivity contribution in [1.29, 1.82) is 5.26 Å². The molecule has 3 aliphatic carbocycles. The Balaban J connectivity index is 1.20. The molecule has 6 rings (SSSR count). The number of ether oxygens (including phenoxy) is 1. The van der Waals surface area contributed by atoms with Gasteiger partial charge in [0, 0.05) is 50.9 Å². The molecular formula is C27H31ClF3N5O5S. The van der Waals surface area contributed by atoms with Gasteiger partial charge in [0.25, 0.3) is 0 Å². The third-order valence-electron chi connectivity index (χ3n) is 9.13. The molecule has 0 radical (unpaired) electrons. The summed E-state index contributed by atoms with van der Waals surface area (Å²) < 4.78 is 74.3. The van der Waals surface area contributed by atoms with Crippen LogP contribution in [0.3, 0.4) is 0 Å². The molecular weight excluding hydrogens is 599 g/mol.